The molecule has 1 amide bonds. The van der Waals surface area contributed by atoms with Gasteiger partial charge in [-0.05, 0) is 20.3 Å². The third kappa shape index (κ3) is 5.54. The first-order valence-electron chi connectivity index (χ1n) is 11.2. The summed E-state index contributed by atoms with van der Waals surface area (Å²) in [6.07, 6.45) is -2.57. The largest absolute Gasteiger partial charge is 0.436 e. The van der Waals surface area contributed by atoms with Crippen molar-refractivity contribution in [2.75, 3.05) is 30.0 Å². The second kappa shape index (κ2) is 10.7. The van der Waals surface area contributed by atoms with Crippen LogP contribution in [-0.2, 0) is 15.7 Å². The van der Waals surface area contributed by atoms with Crippen LogP contribution in [0.25, 0.3) is 11.3 Å². The molecule has 192 valence electrons. The van der Waals surface area contributed by atoms with Gasteiger partial charge < -0.3 is 14.8 Å². The molecule has 2 atom stereocenters. The first-order chi connectivity index (χ1) is 17.2. The molecule has 1 aliphatic heterocycles. The molecule has 0 bridgehead atoms. The lowest BCUT2D eigenvalue weighted by atomic mass is 10.1. The smallest absolute Gasteiger partial charge is 0.434 e. The number of rotatable bonds is 9. The summed E-state index contributed by atoms with van der Waals surface area (Å²) in [6, 6.07) is 0.771. The van der Waals surface area contributed by atoms with Gasteiger partial charge in [0.2, 0.25) is 5.95 Å². The van der Waals surface area contributed by atoms with Gasteiger partial charge in [-0.3, -0.25) is 4.90 Å². The highest BCUT2D eigenvalue weighted by molar-refractivity contribution is 7.09. The number of nitrogens with zero attached hydrogens (tertiary/aromatic N) is 6. The molecule has 3 aromatic heterocycles. The van der Waals surface area contributed by atoms with Gasteiger partial charge >= 0.3 is 12.3 Å². The van der Waals surface area contributed by atoms with Crippen LogP contribution in [0.3, 0.4) is 0 Å². The molecule has 4 rings (SSSR count). The number of carbonyl (C=O) groups excluding carboxylic acids is 1. The molecule has 4 heterocycles. The average molecular weight is 524 g/mol. The SMILES string of the molecule is CCCOCCNc1nc(-c2cnc(C)nc2C(F)(F)F)cc(N2C(=O)O[C@H](c3nccs3)[C@@H]2C)n1. The summed E-state index contributed by atoms with van der Waals surface area (Å²) >= 11 is 1.33. The van der Waals surface area contributed by atoms with E-state index < -0.39 is 30.1 Å². The highest BCUT2D eigenvalue weighted by atomic mass is 32.1. The van der Waals surface area contributed by atoms with Crippen molar-refractivity contribution < 1.29 is 27.4 Å². The van der Waals surface area contributed by atoms with E-state index in [-0.39, 0.29) is 28.8 Å². The summed E-state index contributed by atoms with van der Waals surface area (Å²) in [5.41, 5.74) is -1.56. The Labute approximate surface area is 208 Å². The fourth-order valence-electron chi connectivity index (χ4n) is 3.63. The number of anilines is 2. The lowest BCUT2D eigenvalue weighted by Crippen LogP contribution is -2.33. The molecule has 0 aromatic carbocycles. The molecule has 1 N–H and O–H groups in total. The number of ether oxygens (including phenoxy) is 2. The Morgan fingerprint density at radius 1 is 1.22 bits per heavy atom. The van der Waals surface area contributed by atoms with Crippen molar-refractivity contribution in [1.29, 1.82) is 0 Å². The van der Waals surface area contributed by atoms with E-state index in [1.165, 1.54) is 29.2 Å². The number of hydrogen-bond acceptors (Lipinski definition) is 10. The van der Waals surface area contributed by atoms with E-state index >= 15 is 0 Å². The van der Waals surface area contributed by atoms with Crippen molar-refractivity contribution in [3.8, 4) is 11.3 Å². The number of amides is 1. The van der Waals surface area contributed by atoms with Crippen molar-refractivity contribution in [3.05, 3.63) is 40.4 Å². The van der Waals surface area contributed by atoms with Crippen LogP contribution < -0.4 is 10.2 Å². The Hall–Kier alpha value is -3.39. The lowest BCUT2D eigenvalue weighted by Gasteiger charge is -2.21. The number of carbonyl (C=O) groups is 1. The summed E-state index contributed by atoms with van der Waals surface area (Å²) < 4.78 is 52.4. The fourth-order valence-corrected chi connectivity index (χ4v) is 4.39. The van der Waals surface area contributed by atoms with Gasteiger partial charge in [0.15, 0.2) is 11.8 Å². The monoisotopic (exact) mass is 523 g/mol. The Morgan fingerprint density at radius 3 is 2.72 bits per heavy atom. The maximum absolute atomic E-state index is 13.8. The Morgan fingerprint density at radius 2 is 2.03 bits per heavy atom. The molecule has 1 saturated heterocycles. The molecule has 1 aliphatic rings. The first kappa shape index (κ1) is 25.7. The molecule has 1 fully saturated rings. The van der Waals surface area contributed by atoms with Crippen molar-refractivity contribution in [2.24, 2.45) is 0 Å². The van der Waals surface area contributed by atoms with Crippen LogP contribution in [-0.4, -0.2) is 56.8 Å². The average Bonchev–Trinajstić information content (AvgIpc) is 3.46. The van der Waals surface area contributed by atoms with Crippen LogP contribution in [0.4, 0.5) is 29.7 Å². The van der Waals surface area contributed by atoms with Gasteiger partial charge in [0.1, 0.15) is 16.6 Å². The minimum atomic E-state index is -4.74. The maximum atomic E-state index is 13.8. The highest BCUT2D eigenvalue weighted by Crippen LogP contribution is 2.39. The topological polar surface area (TPSA) is 115 Å². The number of cyclic esters (lactones) is 1. The summed E-state index contributed by atoms with van der Waals surface area (Å²) in [5, 5.41) is 5.32. The van der Waals surface area contributed by atoms with Gasteiger partial charge in [-0.1, -0.05) is 6.92 Å². The number of thiazole rings is 1. The van der Waals surface area contributed by atoms with Gasteiger partial charge in [-0.2, -0.15) is 18.2 Å². The van der Waals surface area contributed by atoms with Gasteiger partial charge in [-0.25, -0.2) is 24.7 Å². The number of alkyl halides is 3. The zero-order valence-corrected chi connectivity index (χ0v) is 20.6. The second-order valence-corrected chi connectivity index (χ2v) is 8.86. The second-order valence-electron chi connectivity index (χ2n) is 7.94. The van der Waals surface area contributed by atoms with Crippen LogP contribution in [0, 0.1) is 6.92 Å². The lowest BCUT2D eigenvalue weighted by molar-refractivity contribution is -0.140. The van der Waals surface area contributed by atoms with Crippen molar-refractivity contribution in [2.45, 2.75) is 45.5 Å². The first-order valence-corrected chi connectivity index (χ1v) is 12.1. The quantitative estimate of drug-likeness (QED) is 0.401. The molecule has 0 aliphatic carbocycles. The van der Waals surface area contributed by atoms with E-state index in [1.54, 1.807) is 18.5 Å². The Balaban J connectivity index is 1.74. The Kier molecular flexibility index (Phi) is 7.64. The third-order valence-corrected chi connectivity index (χ3v) is 6.09. The molecule has 3 aromatic rings. The summed E-state index contributed by atoms with van der Waals surface area (Å²) in [6.45, 7) is 6.31. The molecule has 0 radical (unpaired) electrons. The van der Waals surface area contributed by atoms with E-state index in [1.807, 2.05) is 6.92 Å². The van der Waals surface area contributed by atoms with Crippen LogP contribution in [0.5, 0.6) is 0 Å². The highest BCUT2D eigenvalue weighted by Gasteiger charge is 2.43. The minimum Gasteiger partial charge on any atom is -0.436 e. The van der Waals surface area contributed by atoms with Crippen molar-refractivity contribution >= 4 is 29.2 Å². The van der Waals surface area contributed by atoms with Gasteiger partial charge in [0.25, 0.3) is 0 Å². The van der Waals surface area contributed by atoms with Gasteiger partial charge in [0, 0.05) is 42.6 Å². The van der Waals surface area contributed by atoms with Crippen LogP contribution >= 0.6 is 11.3 Å². The molecule has 0 spiro atoms. The molecule has 0 unspecified atom stereocenters. The van der Waals surface area contributed by atoms with E-state index in [4.69, 9.17) is 9.47 Å². The zero-order valence-electron chi connectivity index (χ0n) is 19.7. The number of aromatic nitrogens is 5. The number of nitrogens with one attached hydrogen (secondary N) is 1. The number of halogens is 3. The zero-order chi connectivity index (χ0) is 25.9. The maximum Gasteiger partial charge on any atom is 0.434 e. The predicted octanol–water partition coefficient (Wildman–Crippen LogP) is 4.64. The van der Waals surface area contributed by atoms with Crippen LogP contribution in [0.2, 0.25) is 0 Å². The molecule has 0 saturated carbocycles. The van der Waals surface area contributed by atoms with Crippen molar-refractivity contribution in [1.82, 2.24) is 24.9 Å². The van der Waals surface area contributed by atoms with Crippen LogP contribution in [0.15, 0.2) is 23.8 Å². The standard InChI is InChI=1S/C22H24F3N7O3S/c1-4-7-34-8-5-27-20-30-15(14-11-28-13(3)29-18(14)22(23,24)25)10-16(31-20)32-12(2)17(35-21(32)33)19-26-6-9-36-19/h6,9-12,17H,4-5,7-8H2,1-3H3,(H,27,30,31)/t12-,17-/m0/s1. The normalized spacial score (nSPS) is 17.9. The van der Waals surface area contributed by atoms with E-state index in [0.717, 1.165) is 12.6 Å². The van der Waals surface area contributed by atoms with E-state index in [2.05, 4.69) is 30.2 Å². The van der Waals surface area contributed by atoms with Gasteiger partial charge in [-0.15, -0.1) is 11.3 Å². The third-order valence-electron chi connectivity index (χ3n) is 5.26. The molecular weight excluding hydrogens is 499 g/mol. The van der Waals surface area contributed by atoms with Crippen LogP contribution in [0.1, 0.15) is 42.9 Å². The summed E-state index contributed by atoms with van der Waals surface area (Å²) in [4.78, 5) is 34.5. The molecular formula is C22H24F3N7O3S. The fraction of sp³-hybridized carbons (Fsp3) is 0.455. The number of hydrogen-bond donors (Lipinski definition) is 1. The summed E-state index contributed by atoms with van der Waals surface area (Å²) in [7, 11) is 0. The summed E-state index contributed by atoms with van der Waals surface area (Å²) in [5.74, 6) is 0.0611. The van der Waals surface area contributed by atoms with E-state index in [0.29, 0.717) is 24.8 Å². The molecule has 10 nitrogen and oxygen atoms in total. The molecule has 36 heavy (non-hydrogen) atoms. The van der Waals surface area contributed by atoms with Crippen molar-refractivity contribution in [3.63, 3.8) is 0 Å². The number of aryl methyl sites for hydroxylation is 1. The molecule has 14 heteroatoms. The predicted molar refractivity (Wildman–Crippen MR) is 126 cm³/mol. The van der Waals surface area contributed by atoms with Gasteiger partial charge in [0.05, 0.1) is 18.3 Å². The van der Waals surface area contributed by atoms with E-state index in [9.17, 15) is 18.0 Å². The minimum absolute atomic E-state index is 0.0222. The Bertz CT molecular complexity index is 1210.